The molecule has 2 aliphatic rings. The van der Waals surface area contributed by atoms with E-state index in [2.05, 4.69) is 0 Å². The number of carbonyl (C=O) groups excluding carboxylic acids is 2. The van der Waals surface area contributed by atoms with Crippen molar-refractivity contribution in [2.24, 2.45) is 0 Å². The second-order valence-corrected chi connectivity index (χ2v) is 7.39. The lowest BCUT2D eigenvalue weighted by molar-refractivity contribution is -0.138. The van der Waals surface area contributed by atoms with E-state index in [1.165, 1.54) is 38.4 Å². The number of halogens is 3. The van der Waals surface area contributed by atoms with Gasteiger partial charge in [0.2, 0.25) is 11.7 Å². The molecule has 2 heterocycles. The summed E-state index contributed by atoms with van der Waals surface area (Å²) < 4.78 is 60.3. The van der Waals surface area contributed by atoms with Crippen molar-refractivity contribution in [2.45, 2.75) is 18.5 Å². The van der Waals surface area contributed by atoms with E-state index in [0.29, 0.717) is 22.8 Å². The van der Waals surface area contributed by atoms with Crippen LogP contribution in [-0.2, 0) is 20.5 Å². The fourth-order valence-corrected chi connectivity index (χ4v) is 4.22. The zero-order valence-electron chi connectivity index (χ0n) is 18.0. The van der Waals surface area contributed by atoms with Crippen LogP contribution >= 0.6 is 0 Å². The van der Waals surface area contributed by atoms with Crippen LogP contribution in [0.15, 0.2) is 47.7 Å². The molecule has 0 bridgehead atoms. The lowest BCUT2D eigenvalue weighted by Gasteiger charge is -2.32. The van der Waals surface area contributed by atoms with Gasteiger partial charge >= 0.3 is 12.1 Å². The lowest BCUT2D eigenvalue weighted by atomic mass is 9.83. The fourth-order valence-electron chi connectivity index (χ4n) is 4.22. The molecule has 4 rings (SSSR count). The predicted octanol–water partition coefficient (Wildman–Crippen LogP) is 4.06. The lowest BCUT2D eigenvalue weighted by Crippen LogP contribution is -2.37. The Morgan fingerprint density at radius 3 is 2.18 bits per heavy atom. The normalized spacial score (nSPS) is 18.2. The van der Waals surface area contributed by atoms with Crippen LogP contribution in [0.2, 0.25) is 0 Å². The molecule has 2 aromatic rings. The first kappa shape index (κ1) is 22.5. The smallest absolute Gasteiger partial charge is 0.416 e. The summed E-state index contributed by atoms with van der Waals surface area (Å²) in [7, 11) is 4.34. The zero-order valence-corrected chi connectivity index (χ0v) is 18.0. The molecule has 33 heavy (non-hydrogen) atoms. The van der Waals surface area contributed by atoms with Crippen molar-refractivity contribution in [3.63, 3.8) is 0 Å². The Labute approximate surface area is 187 Å². The van der Waals surface area contributed by atoms with Gasteiger partial charge in [-0.05, 0) is 30.3 Å². The number of hydrogen-bond donors (Lipinski definition) is 0. The van der Waals surface area contributed by atoms with Gasteiger partial charge in [0.1, 0.15) is 6.61 Å². The number of alkyl halides is 3. The standard InChI is InChI=1S/C23H20F3NO6/c1-30-17-9-8-14(20(31-2)21(17)32-3)15-10-18(28)27(16-11-33-22(29)19(15)16)13-6-4-12(5-7-13)23(24,25)26/h4-9,15H,10-11H2,1-3H3/t15-/m0/s1. The van der Waals surface area contributed by atoms with Crippen LogP contribution < -0.4 is 19.1 Å². The van der Waals surface area contributed by atoms with E-state index >= 15 is 0 Å². The van der Waals surface area contributed by atoms with E-state index in [1.54, 1.807) is 12.1 Å². The number of cyclic esters (lactones) is 1. The van der Waals surface area contributed by atoms with Crippen molar-refractivity contribution in [2.75, 3.05) is 32.8 Å². The van der Waals surface area contributed by atoms with Gasteiger partial charge < -0.3 is 18.9 Å². The average Bonchev–Trinajstić information content (AvgIpc) is 3.18. The number of benzene rings is 2. The monoisotopic (exact) mass is 463 g/mol. The van der Waals surface area contributed by atoms with Crippen LogP contribution in [0.4, 0.5) is 18.9 Å². The van der Waals surface area contributed by atoms with E-state index in [-0.39, 0.29) is 30.0 Å². The van der Waals surface area contributed by atoms with Gasteiger partial charge in [-0.25, -0.2) is 4.79 Å². The Morgan fingerprint density at radius 1 is 0.939 bits per heavy atom. The maximum atomic E-state index is 13.2. The Bertz CT molecular complexity index is 1140. The van der Waals surface area contributed by atoms with Crippen LogP contribution in [0.3, 0.4) is 0 Å². The highest BCUT2D eigenvalue weighted by atomic mass is 19.4. The third kappa shape index (κ3) is 3.75. The zero-order chi connectivity index (χ0) is 23.9. The SMILES string of the molecule is COc1ccc([C@@H]2CC(=O)N(c3ccc(C(F)(F)F)cc3)C3=C2C(=O)OC3)c(OC)c1OC. The van der Waals surface area contributed by atoms with Gasteiger partial charge in [0.05, 0.1) is 38.2 Å². The second kappa shape index (κ2) is 8.34. The molecule has 0 saturated heterocycles. The van der Waals surface area contributed by atoms with Crippen LogP contribution in [0.1, 0.15) is 23.5 Å². The Morgan fingerprint density at radius 2 is 1.61 bits per heavy atom. The molecule has 10 heteroatoms. The molecule has 0 N–H and O–H groups in total. The number of anilines is 1. The highest BCUT2D eigenvalue weighted by Gasteiger charge is 2.44. The highest BCUT2D eigenvalue weighted by Crippen LogP contribution is 2.49. The summed E-state index contributed by atoms with van der Waals surface area (Å²) >= 11 is 0. The Kier molecular flexibility index (Phi) is 5.69. The number of ether oxygens (including phenoxy) is 4. The first-order valence-electron chi connectivity index (χ1n) is 9.90. The number of hydrogen-bond acceptors (Lipinski definition) is 6. The maximum absolute atomic E-state index is 13.2. The molecule has 0 unspecified atom stereocenters. The van der Waals surface area contributed by atoms with Crippen LogP contribution in [-0.4, -0.2) is 39.8 Å². The summed E-state index contributed by atoms with van der Waals surface area (Å²) in [5.74, 6) is -0.657. The van der Waals surface area contributed by atoms with Crippen LogP contribution in [0.5, 0.6) is 17.2 Å². The Hall–Kier alpha value is -3.69. The largest absolute Gasteiger partial charge is 0.493 e. The topological polar surface area (TPSA) is 74.3 Å². The maximum Gasteiger partial charge on any atom is 0.416 e. The number of nitrogens with zero attached hydrogens (tertiary/aromatic N) is 1. The van der Waals surface area contributed by atoms with Gasteiger partial charge in [0.25, 0.3) is 0 Å². The summed E-state index contributed by atoms with van der Waals surface area (Å²) in [5, 5.41) is 0. The predicted molar refractivity (Wildman–Crippen MR) is 110 cm³/mol. The Balaban J connectivity index is 1.82. The number of esters is 1. The number of carbonyl (C=O) groups is 2. The van der Waals surface area contributed by atoms with E-state index in [4.69, 9.17) is 18.9 Å². The van der Waals surface area contributed by atoms with Gasteiger partial charge in [-0.2, -0.15) is 13.2 Å². The minimum atomic E-state index is -4.50. The van der Waals surface area contributed by atoms with Gasteiger partial charge in [0, 0.05) is 23.6 Å². The van der Waals surface area contributed by atoms with Crippen LogP contribution in [0.25, 0.3) is 0 Å². The fraction of sp³-hybridized carbons (Fsp3) is 0.304. The number of methoxy groups -OCH3 is 3. The second-order valence-electron chi connectivity index (χ2n) is 7.39. The van der Waals surface area contributed by atoms with E-state index in [9.17, 15) is 22.8 Å². The minimum Gasteiger partial charge on any atom is -0.493 e. The van der Waals surface area contributed by atoms with Crippen LogP contribution in [0, 0.1) is 0 Å². The van der Waals surface area contributed by atoms with Crippen molar-refractivity contribution in [1.82, 2.24) is 0 Å². The number of amides is 1. The summed E-state index contributed by atoms with van der Waals surface area (Å²) in [6.07, 6.45) is -4.63. The average molecular weight is 463 g/mol. The van der Waals surface area contributed by atoms with Gasteiger partial charge in [0.15, 0.2) is 11.5 Å². The van der Waals surface area contributed by atoms with Gasteiger partial charge in [-0.15, -0.1) is 0 Å². The molecular formula is C23H20F3NO6. The van der Waals surface area contributed by atoms with E-state index < -0.39 is 29.5 Å². The van der Waals surface area contributed by atoms with Crippen molar-refractivity contribution in [3.8, 4) is 17.2 Å². The molecule has 1 amide bonds. The highest BCUT2D eigenvalue weighted by molar-refractivity contribution is 6.06. The number of rotatable bonds is 5. The third-order valence-electron chi connectivity index (χ3n) is 5.68. The molecule has 0 saturated carbocycles. The quantitative estimate of drug-likeness (QED) is 0.623. The molecule has 2 aliphatic heterocycles. The molecular weight excluding hydrogens is 443 g/mol. The summed E-state index contributed by atoms with van der Waals surface area (Å²) in [6.45, 7) is -0.174. The summed E-state index contributed by atoms with van der Waals surface area (Å²) in [4.78, 5) is 27.1. The van der Waals surface area contributed by atoms with E-state index in [0.717, 1.165) is 12.1 Å². The molecule has 0 aliphatic carbocycles. The third-order valence-corrected chi connectivity index (χ3v) is 5.68. The van der Waals surface area contributed by atoms with Gasteiger partial charge in [-0.1, -0.05) is 6.07 Å². The molecule has 7 nitrogen and oxygen atoms in total. The molecule has 2 aromatic carbocycles. The van der Waals surface area contributed by atoms with Crippen molar-refractivity contribution >= 4 is 17.6 Å². The first-order valence-corrected chi connectivity index (χ1v) is 9.90. The molecule has 0 radical (unpaired) electrons. The molecule has 0 fully saturated rings. The van der Waals surface area contributed by atoms with Crippen molar-refractivity contribution < 1.29 is 41.7 Å². The summed E-state index contributed by atoms with van der Waals surface area (Å²) in [6, 6.07) is 7.51. The molecule has 0 spiro atoms. The van der Waals surface area contributed by atoms with E-state index in [1.807, 2.05) is 0 Å². The summed E-state index contributed by atoms with van der Waals surface area (Å²) in [5.41, 5.74) is 0.452. The minimum absolute atomic E-state index is 0.124. The van der Waals surface area contributed by atoms with Crippen molar-refractivity contribution in [1.29, 1.82) is 0 Å². The molecule has 174 valence electrons. The molecule has 0 aromatic heterocycles. The van der Waals surface area contributed by atoms with Crippen molar-refractivity contribution in [3.05, 3.63) is 58.8 Å². The molecule has 1 atom stereocenters. The first-order chi connectivity index (χ1) is 15.7. The van der Waals surface area contributed by atoms with Gasteiger partial charge in [-0.3, -0.25) is 9.69 Å².